The van der Waals surface area contributed by atoms with Crippen LogP contribution >= 0.6 is 11.9 Å². The first-order chi connectivity index (χ1) is 5.67. The van der Waals surface area contributed by atoms with Crippen LogP contribution in [0.15, 0.2) is 0 Å². The van der Waals surface area contributed by atoms with E-state index in [1.807, 2.05) is 11.9 Å². The van der Waals surface area contributed by atoms with Crippen molar-refractivity contribution in [2.75, 3.05) is 5.75 Å². The number of nitrogens with one attached hydrogen (secondary N) is 1. The molecule has 68 valence electrons. The van der Waals surface area contributed by atoms with E-state index in [0.717, 1.165) is 12.0 Å². The van der Waals surface area contributed by atoms with Crippen LogP contribution in [0.25, 0.3) is 0 Å². The van der Waals surface area contributed by atoms with Crippen molar-refractivity contribution in [3.63, 3.8) is 0 Å². The topological polar surface area (TPSA) is 12.0 Å². The molecular weight excluding hydrogens is 166 g/mol. The first-order valence-electron chi connectivity index (χ1n) is 5.04. The maximum atomic E-state index is 3.61. The molecule has 3 atom stereocenters. The molecule has 1 nitrogen and oxygen atoms in total. The number of rotatable bonds is 0. The Labute approximate surface area is 78.8 Å². The lowest BCUT2D eigenvalue weighted by atomic mass is 9.69. The second-order valence-electron chi connectivity index (χ2n) is 5.31. The highest BCUT2D eigenvalue weighted by Gasteiger charge is 2.65. The van der Waals surface area contributed by atoms with Crippen LogP contribution in [0.2, 0.25) is 0 Å². The minimum absolute atomic E-state index is 0.619. The molecule has 3 aliphatic rings. The van der Waals surface area contributed by atoms with Gasteiger partial charge in [0.1, 0.15) is 0 Å². The summed E-state index contributed by atoms with van der Waals surface area (Å²) >= 11 is 1.97. The van der Waals surface area contributed by atoms with Gasteiger partial charge in [-0.15, -0.1) is 0 Å². The van der Waals surface area contributed by atoms with Crippen LogP contribution in [0.3, 0.4) is 0 Å². The van der Waals surface area contributed by atoms with Crippen molar-refractivity contribution < 1.29 is 0 Å². The van der Waals surface area contributed by atoms with Crippen molar-refractivity contribution in [2.45, 2.75) is 39.2 Å². The van der Waals surface area contributed by atoms with E-state index < -0.39 is 0 Å². The molecule has 3 fully saturated rings. The van der Waals surface area contributed by atoms with Crippen LogP contribution in [0.5, 0.6) is 0 Å². The Balaban J connectivity index is 2.09. The number of hydrogen-bond acceptors (Lipinski definition) is 2. The Bertz CT molecular complexity index is 222. The van der Waals surface area contributed by atoms with Gasteiger partial charge in [-0.2, -0.15) is 0 Å². The molecule has 2 saturated carbocycles. The molecule has 1 saturated heterocycles. The summed E-state index contributed by atoms with van der Waals surface area (Å²) < 4.78 is 3.61. The average Bonchev–Trinajstić information content (AvgIpc) is 2.60. The molecule has 1 heterocycles. The highest BCUT2D eigenvalue weighted by atomic mass is 32.2. The summed E-state index contributed by atoms with van der Waals surface area (Å²) in [6, 6.07) is 0.844. The second kappa shape index (κ2) is 2.03. The van der Waals surface area contributed by atoms with Crippen LogP contribution in [0, 0.1) is 16.7 Å². The van der Waals surface area contributed by atoms with Crippen molar-refractivity contribution in [1.29, 1.82) is 0 Å². The zero-order chi connectivity index (χ0) is 8.40. The van der Waals surface area contributed by atoms with Crippen LogP contribution in [-0.2, 0) is 0 Å². The van der Waals surface area contributed by atoms with E-state index in [2.05, 4.69) is 18.6 Å². The Morgan fingerprint density at radius 2 is 2.25 bits per heavy atom. The molecule has 0 aromatic heterocycles. The summed E-state index contributed by atoms with van der Waals surface area (Å²) in [6.45, 7) is 5.00. The Morgan fingerprint density at radius 1 is 1.42 bits per heavy atom. The molecule has 0 aromatic carbocycles. The van der Waals surface area contributed by atoms with Gasteiger partial charge >= 0.3 is 0 Å². The number of fused-ring (bicyclic) bond motifs is 1. The third kappa shape index (κ3) is 0.609. The highest BCUT2D eigenvalue weighted by Crippen LogP contribution is 2.68. The Hall–Kier alpha value is 0.310. The second-order valence-corrected chi connectivity index (χ2v) is 6.12. The van der Waals surface area contributed by atoms with E-state index in [1.54, 1.807) is 0 Å². The standard InChI is InChI=1S/C10H17NS/c1-9(2)7-3-4-10(9)6-12-11-8(10)5-7/h7-8,11H,3-6H2,1-2H3/t7-,8-,10-/m1/s1. The van der Waals surface area contributed by atoms with Gasteiger partial charge in [-0.3, -0.25) is 4.72 Å². The molecule has 1 N–H and O–H groups in total. The molecule has 12 heavy (non-hydrogen) atoms. The van der Waals surface area contributed by atoms with Crippen molar-refractivity contribution in [3.8, 4) is 0 Å². The van der Waals surface area contributed by atoms with Crippen molar-refractivity contribution in [3.05, 3.63) is 0 Å². The maximum Gasteiger partial charge on any atom is 0.0244 e. The molecule has 0 radical (unpaired) electrons. The van der Waals surface area contributed by atoms with Gasteiger partial charge in [0.25, 0.3) is 0 Å². The van der Waals surface area contributed by atoms with Crippen LogP contribution in [0.4, 0.5) is 0 Å². The fourth-order valence-electron chi connectivity index (χ4n) is 3.86. The average molecular weight is 183 g/mol. The first kappa shape index (κ1) is 7.69. The largest absolute Gasteiger partial charge is 0.260 e. The molecular formula is C10H17NS. The summed E-state index contributed by atoms with van der Waals surface area (Å²) in [5.74, 6) is 2.37. The predicted octanol–water partition coefficient (Wildman–Crippen LogP) is 2.43. The first-order valence-corrected chi connectivity index (χ1v) is 6.03. The minimum Gasteiger partial charge on any atom is -0.260 e. The van der Waals surface area contributed by atoms with Gasteiger partial charge in [0.05, 0.1) is 0 Å². The molecule has 2 aliphatic carbocycles. The van der Waals surface area contributed by atoms with E-state index in [9.17, 15) is 0 Å². The normalized spacial score (nSPS) is 54.5. The number of hydrogen-bond donors (Lipinski definition) is 1. The van der Waals surface area contributed by atoms with Crippen LogP contribution < -0.4 is 4.72 Å². The van der Waals surface area contributed by atoms with E-state index in [0.29, 0.717) is 10.8 Å². The summed E-state index contributed by atoms with van der Waals surface area (Å²) in [7, 11) is 0. The zero-order valence-electron chi connectivity index (χ0n) is 7.89. The molecule has 0 amide bonds. The summed E-state index contributed by atoms with van der Waals surface area (Å²) in [5.41, 5.74) is 1.29. The lowest BCUT2D eigenvalue weighted by Crippen LogP contribution is -2.39. The fraction of sp³-hybridized carbons (Fsp3) is 1.00. The predicted molar refractivity (Wildman–Crippen MR) is 52.9 cm³/mol. The van der Waals surface area contributed by atoms with E-state index >= 15 is 0 Å². The molecule has 3 rings (SSSR count). The Morgan fingerprint density at radius 3 is 2.92 bits per heavy atom. The lowest BCUT2D eigenvalue weighted by molar-refractivity contribution is 0.147. The molecule has 2 heteroatoms. The van der Waals surface area contributed by atoms with Gasteiger partial charge in [-0.25, -0.2) is 0 Å². The van der Waals surface area contributed by atoms with Crippen molar-refractivity contribution in [1.82, 2.24) is 4.72 Å². The van der Waals surface area contributed by atoms with Gasteiger partial charge in [0.15, 0.2) is 0 Å². The summed E-state index contributed by atoms with van der Waals surface area (Å²) in [6.07, 6.45) is 4.42. The highest BCUT2D eigenvalue weighted by molar-refractivity contribution is 7.97. The molecule has 2 bridgehead atoms. The fourth-order valence-corrected chi connectivity index (χ4v) is 5.44. The third-order valence-corrected chi connectivity index (χ3v) is 6.10. The molecule has 1 spiro atoms. The van der Waals surface area contributed by atoms with Crippen LogP contribution in [-0.4, -0.2) is 11.8 Å². The lowest BCUT2D eigenvalue weighted by Gasteiger charge is -2.36. The third-order valence-electron chi connectivity index (χ3n) is 4.99. The van der Waals surface area contributed by atoms with Gasteiger partial charge in [-0.05, 0) is 30.6 Å². The quantitative estimate of drug-likeness (QED) is 0.579. The SMILES string of the molecule is CC1(C)[C@@H]2CC[C@]13CSN[C@@H]3C2. The summed E-state index contributed by atoms with van der Waals surface area (Å²) in [4.78, 5) is 0. The van der Waals surface area contributed by atoms with E-state index in [4.69, 9.17) is 0 Å². The van der Waals surface area contributed by atoms with E-state index in [1.165, 1.54) is 25.0 Å². The van der Waals surface area contributed by atoms with Gasteiger partial charge in [0.2, 0.25) is 0 Å². The molecule has 1 aliphatic heterocycles. The van der Waals surface area contributed by atoms with Gasteiger partial charge in [-0.1, -0.05) is 25.8 Å². The molecule has 0 aromatic rings. The summed E-state index contributed by atoms with van der Waals surface area (Å²) in [5, 5.41) is 0. The maximum absolute atomic E-state index is 3.61. The van der Waals surface area contributed by atoms with Crippen LogP contribution in [0.1, 0.15) is 33.1 Å². The van der Waals surface area contributed by atoms with Crippen molar-refractivity contribution >= 4 is 11.9 Å². The Kier molecular flexibility index (Phi) is 1.30. The van der Waals surface area contributed by atoms with Gasteiger partial charge in [0, 0.05) is 17.2 Å². The van der Waals surface area contributed by atoms with Crippen molar-refractivity contribution in [2.24, 2.45) is 16.7 Å². The van der Waals surface area contributed by atoms with E-state index in [-0.39, 0.29) is 0 Å². The van der Waals surface area contributed by atoms with Gasteiger partial charge < -0.3 is 0 Å². The smallest absolute Gasteiger partial charge is 0.0244 e. The minimum atomic E-state index is 0.619. The zero-order valence-corrected chi connectivity index (χ0v) is 8.71. The monoisotopic (exact) mass is 183 g/mol. The molecule has 0 unspecified atom stereocenters.